The molecule has 140 valence electrons. The zero-order valence-corrected chi connectivity index (χ0v) is 14.9. The number of ether oxygens (including phenoxy) is 2. The van der Waals surface area contributed by atoms with Crippen LogP contribution in [0.1, 0.15) is 38.2 Å². The average Bonchev–Trinajstić information content (AvgIpc) is 2.90. The third-order valence-electron chi connectivity index (χ3n) is 5.20. The van der Waals surface area contributed by atoms with Crippen LogP contribution in [0.2, 0.25) is 0 Å². The Morgan fingerprint density at radius 3 is 2.38 bits per heavy atom. The highest BCUT2D eigenvalue weighted by molar-refractivity contribution is 6.07. The van der Waals surface area contributed by atoms with Crippen LogP contribution in [0, 0.1) is 17.7 Å². The molecule has 2 aliphatic rings. The van der Waals surface area contributed by atoms with E-state index in [9.17, 15) is 18.8 Å². The van der Waals surface area contributed by atoms with Gasteiger partial charge in [0, 0.05) is 0 Å². The van der Waals surface area contributed by atoms with E-state index < -0.39 is 17.8 Å². The van der Waals surface area contributed by atoms with Crippen LogP contribution in [0.25, 0.3) is 0 Å². The molecule has 0 radical (unpaired) electrons. The molecule has 6 nitrogen and oxygen atoms in total. The van der Waals surface area contributed by atoms with Crippen molar-refractivity contribution in [2.75, 3.05) is 7.11 Å². The van der Waals surface area contributed by atoms with E-state index in [0.717, 1.165) is 17.7 Å². The van der Waals surface area contributed by atoms with Crippen molar-refractivity contribution in [2.45, 2.75) is 45.3 Å². The first-order chi connectivity index (χ1) is 12.4. The summed E-state index contributed by atoms with van der Waals surface area (Å²) in [4.78, 5) is 38.4. The smallest absolute Gasteiger partial charge is 0.329 e. The summed E-state index contributed by atoms with van der Waals surface area (Å²) < 4.78 is 23.7. The van der Waals surface area contributed by atoms with Crippen LogP contribution in [0.3, 0.4) is 0 Å². The SMILES string of the molecule is COc1ccc(COC(=O)[C@H](C)N2C(=O)[C@H]3CCCC[C@@H]3C2=O)cc1F. The normalized spacial score (nSPS) is 23.6. The fourth-order valence-electron chi connectivity index (χ4n) is 3.75. The molecule has 1 aromatic carbocycles. The fraction of sp³-hybridized carbons (Fsp3) is 0.526. The number of carbonyl (C=O) groups excluding carboxylic acids is 3. The number of hydrogen-bond acceptors (Lipinski definition) is 5. The first-order valence-electron chi connectivity index (χ1n) is 8.80. The number of benzene rings is 1. The highest BCUT2D eigenvalue weighted by atomic mass is 19.1. The highest BCUT2D eigenvalue weighted by Crippen LogP contribution is 2.38. The number of hydrogen-bond donors (Lipinski definition) is 0. The zero-order valence-electron chi connectivity index (χ0n) is 14.9. The number of nitrogens with zero attached hydrogens (tertiary/aromatic N) is 1. The maximum Gasteiger partial charge on any atom is 0.329 e. The van der Waals surface area contributed by atoms with Crippen LogP contribution in [0.15, 0.2) is 18.2 Å². The molecule has 0 bridgehead atoms. The number of esters is 1. The lowest BCUT2D eigenvalue weighted by molar-refractivity contribution is -0.159. The Labute approximate surface area is 151 Å². The van der Waals surface area contributed by atoms with Crippen LogP contribution in [0.5, 0.6) is 5.75 Å². The maximum absolute atomic E-state index is 13.7. The Morgan fingerprint density at radius 2 is 1.85 bits per heavy atom. The summed E-state index contributed by atoms with van der Waals surface area (Å²) in [5.41, 5.74) is 0.455. The van der Waals surface area contributed by atoms with Gasteiger partial charge in [-0.05, 0) is 37.5 Å². The number of rotatable bonds is 5. The maximum atomic E-state index is 13.7. The molecule has 1 aliphatic heterocycles. The first kappa shape index (κ1) is 18.4. The van der Waals surface area contributed by atoms with Gasteiger partial charge >= 0.3 is 5.97 Å². The molecule has 3 rings (SSSR count). The minimum Gasteiger partial charge on any atom is -0.494 e. The molecule has 26 heavy (non-hydrogen) atoms. The van der Waals surface area contributed by atoms with Gasteiger partial charge in [0.15, 0.2) is 11.6 Å². The first-order valence-corrected chi connectivity index (χ1v) is 8.80. The summed E-state index contributed by atoms with van der Waals surface area (Å²) >= 11 is 0. The minimum absolute atomic E-state index is 0.101. The van der Waals surface area contributed by atoms with Crippen LogP contribution in [-0.4, -0.2) is 35.8 Å². The summed E-state index contributed by atoms with van der Waals surface area (Å²) in [6, 6.07) is 3.27. The predicted molar refractivity (Wildman–Crippen MR) is 89.5 cm³/mol. The van der Waals surface area contributed by atoms with Crippen molar-refractivity contribution >= 4 is 17.8 Å². The fourth-order valence-corrected chi connectivity index (χ4v) is 3.75. The quantitative estimate of drug-likeness (QED) is 0.593. The molecule has 0 aromatic heterocycles. The lowest BCUT2D eigenvalue weighted by Crippen LogP contribution is -2.44. The Balaban J connectivity index is 1.63. The van der Waals surface area contributed by atoms with Crippen molar-refractivity contribution in [1.82, 2.24) is 4.90 Å². The molecule has 0 unspecified atom stereocenters. The zero-order chi connectivity index (χ0) is 18.8. The molecule has 7 heteroatoms. The predicted octanol–water partition coefficient (Wildman–Crippen LogP) is 2.44. The van der Waals surface area contributed by atoms with E-state index in [-0.39, 0.29) is 36.0 Å². The van der Waals surface area contributed by atoms with Gasteiger partial charge in [0.05, 0.1) is 18.9 Å². The highest BCUT2D eigenvalue weighted by Gasteiger charge is 2.51. The van der Waals surface area contributed by atoms with Crippen LogP contribution < -0.4 is 4.74 Å². The molecule has 1 saturated heterocycles. The average molecular weight is 363 g/mol. The Morgan fingerprint density at radius 1 is 1.23 bits per heavy atom. The van der Waals surface area contributed by atoms with E-state index in [1.807, 2.05) is 0 Å². The van der Waals surface area contributed by atoms with Gasteiger partial charge in [-0.1, -0.05) is 18.9 Å². The van der Waals surface area contributed by atoms with E-state index in [1.165, 1.54) is 26.2 Å². The second kappa shape index (κ2) is 7.43. The second-order valence-corrected chi connectivity index (χ2v) is 6.80. The second-order valence-electron chi connectivity index (χ2n) is 6.80. The van der Waals surface area contributed by atoms with Crippen LogP contribution >= 0.6 is 0 Å². The molecule has 2 amide bonds. The van der Waals surface area contributed by atoms with E-state index in [4.69, 9.17) is 9.47 Å². The molecule has 1 aromatic rings. The molecule has 1 aliphatic carbocycles. The van der Waals surface area contributed by atoms with E-state index in [1.54, 1.807) is 6.07 Å². The summed E-state index contributed by atoms with van der Waals surface area (Å²) in [6.07, 6.45) is 3.24. The van der Waals surface area contributed by atoms with Gasteiger partial charge in [-0.2, -0.15) is 0 Å². The van der Waals surface area contributed by atoms with Gasteiger partial charge in [0.2, 0.25) is 11.8 Å². The summed E-state index contributed by atoms with van der Waals surface area (Å²) in [5.74, 6) is -2.29. The van der Waals surface area contributed by atoms with E-state index in [2.05, 4.69) is 0 Å². The van der Waals surface area contributed by atoms with Gasteiger partial charge in [0.1, 0.15) is 12.6 Å². The van der Waals surface area contributed by atoms with Crippen LogP contribution in [0.4, 0.5) is 4.39 Å². The van der Waals surface area contributed by atoms with Crippen molar-refractivity contribution in [3.8, 4) is 5.75 Å². The minimum atomic E-state index is -0.983. The molecule has 1 heterocycles. The van der Waals surface area contributed by atoms with E-state index >= 15 is 0 Å². The summed E-state index contributed by atoms with van der Waals surface area (Å²) in [7, 11) is 1.36. The summed E-state index contributed by atoms with van der Waals surface area (Å²) in [5, 5.41) is 0. The van der Waals surface area contributed by atoms with Gasteiger partial charge in [-0.3, -0.25) is 14.5 Å². The van der Waals surface area contributed by atoms with Crippen molar-refractivity contribution in [1.29, 1.82) is 0 Å². The lowest BCUT2D eigenvalue weighted by Gasteiger charge is -2.21. The number of imide groups is 1. The number of halogens is 1. The van der Waals surface area contributed by atoms with Gasteiger partial charge in [-0.15, -0.1) is 0 Å². The van der Waals surface area contributed by atoms with Gasteiger partial charge in [0.25, 0.3) is 0 Å². The van der Waals surface area contributed by atoms with Gasteiger partial charge in [-0.25, -0.2) is 9.18 Å². The number of amides is 2. The third kappa shape index (κ3) is 3.30. The van der Waals surface area contributed by atoms with Gasteiger partial charge < -0.3 is 9.47 Å². The van der Waals surface area contributed by atoms with Crippen LogP contribution in [-0.2, 0) is 25.7 Å². The Bertz CT molecular complexity index is 711. The van der Waals surface area contributed by atoms with Crippen molar-refractivity contribution < 1.29 is 28.2 Å². The number of likely N-dealkylation sites (tertiary alicyclic amines) is 1. The van der Waals surface area contributed by atoms with E-state index in [0.29, 0.717) is 18.4 Å². The molecular formula is C19H22FNO5. The number of methoxy groups -OCH3 is 1. The molecular weight excluding hydrogens is 341 g/mol. The molecule has 3 atom stereocenters. The monoisotopic (exact) mass is 363 g/mol. The lowest BCUT2D eigenvalue weighted by atomic mass is 9.81. The number of fused-ring (bicyclic) bond motifs is 1. The molecule has 0 spiro atoms. The molecule has 2 fully saturated rings. The van der Waals surface area contributed by atoms with Crippen molar-refractivity contribution in [3.63, 3.8) is 0 Å². The summed E-state index contributed by atoms with van der Waals surface area (Å²) in [6.45, 7) is 1.34. The van der Waals surface area contributed by atoms with Crippen molar-refractivity contribution in [3.05, 3.63) is 29.6 Å². The third-order valence-corrected chi connectivity index (χ3v) is 5.20. The number of carbonyl (C=O) groups is 3. The standard InChI is InChI=1S/C19H22FNO5/c1-11(21-17(22)13-5-3-4-6-14(13)18(21)23)19(24)26-10-12-7-8-16(25-2)15(20)9-12/h7-9,11,13-14H,3-6,10H2,1-2H3/t11-,13-,14-/m0/s1. The Kier molecular flexibility index (Phi) is 5.25. The van der Waals surface area contributed by atoms with Crippen molar-refractivity contribution in [2.24, 2.45) is 11.8 Å². The topological polar surface area (TPSA) is 72.9 Å². The molecule has 0 N–H and O–H groups in total. The largest absolute Gasteiger partial charge is 0.494 e. The Hall–Kier alpha value is -2.44. The molecule has 1 saturated carbocycles.